The number of phenols is 2. The molecule has 0 bridgehead atoms. The van der Waals surface area contributed by atoms with Crippen molar-refractivity contribution in [3.05, 3.63) is 81.9 Å². The monoisotopic (exact) mass is 577 g/mol. The second-order valence-corrected chi connectivity index (χ2v) is 8.40. The zero-order valence-electron chi connectivity index (χ0n) is 22.9. The molecule has 0 aliphatic rings. The Kier molecular flexibility index (Phi) is 15.8. The van der Waals surface area contributed by atoms with Gasteiger partial charge in [0.2, 0.25) is 0 Å². The number of para-hydroxylation sites is 2. The SMILES string of the molecule is CC(=O)[O-].CC(=O)[O-].CCc1cc(C)c(O)c(C=Nc2ccccc2N=Cc2cc(CC)cc(C)c2O)c1.[Co+2]. The number of aliphatic carboxylic acids is 2. The Hall–Kier alpha value is -3.95. The number of benzene rings is 3. The second kappa shape index (κ2) is 17.5. The molecule has 0 amide bonds. The summed E-state index contributed by atoms with van der Waals surface area (Å²) in [6.45, 7) is 9.90. The number of carboxylic acids is 2. The molecule has 8 nitrogen and oxygen atoms in total. The number of carboxylic acid groups (broad SMARTS) is 2. The Morgan fingerprint density at radius 1 is 0.744 bits per heavy atom. The molecule has 0 aromatic heterocycles. The van der Waals surface area contributed by atoms with E-state index in [-0.39, 0.29) is 28.3 Å². The maximum absolute atomic E-state index is 10.4. The molecule has 0 aliphatic heterocycles. The fourth-order valence-corrected chi connectivity index (χ4v) is 3.33. The first-order valence-electron chi connectivity index (χ1n) is 12.1. The summed E-state index contributed by atoms with van der Waals surface area (Å²) in [5.41, 5.74) is 6.74. The fourth-order valence-electron chi connectivity index (χ4n) is 3.33. The first-order valence-corrected chi connectivity index (χ1v) is 12.1. The summed E-state index contributed by atoms with van der Waals surface area (Å²) in [7, 11) is 0. The summed E-state index contributed by atoms with van der Waals surface area (Å²) >= 11 is 0. The van der Waals surface area contributed by atoms with Gasteiger partial charge in [-0.1, -0.05) is 38.1 Å². The average molecular weight is 578 g/mol. The van der Waals surface area contributed by atoms with E-state index in [1.54, 1.807) is 12.4 Å². The molecule has 0 spiro atoms. The third-order valence-corrected chi connectivity index (χ3v) is 5.16. The second-order valence-electron chi connectivity index (χ2n) is 8.40. The van der Waals surface area contributed by atoms with Gasteiger partial charge in [0.1, 0.15) is 11.5 Å². The molecular weight excluding hydrogens is 543 g/mol. The molecule has 0 saturated heterocycles. The third-order valence-electron chi connectivity index (χ3n) is 5.16. The van der Waals surface area contributed by atoms with Crippen LogP contribution in [-0.4, -0.2) is 34.6 Å². The molecule has 9 heteroatoms. The largest absolute Gasteiger partial charge is 2.00 e. The molecule has 2 N–H and O–H groups in total. The van der Waals surface area contributed by atoms with E-state index in [1.165, 1.54) is 0 Å². The summed E-state index contributed by atoms with van der Waals surface area (Å²) in [6, 6.07) is 15.4. The standard InChI is InChI=1S/C26H28N2O2.2C2H4O2.Co/c1-5-19-11-17(3)25(29)21(13-19)15-27-23-9-7-8-10-24(23)28-16-22-14-20(6-2)12-18(4)26(22)30;2*1-2(3)4;/h7-16,29-30H,5-6H2,1-4H3;2*1H3,(H,3,4);/q;;;+2/p-2. The molecule has 0 heterocycles. The number of hydrogen-bond acceptors (Lipinski definition) is 8. The maximum Gasteiger partial charge on any atom is 2.00 e. The predicted octanol–water partition coefficient (Wildman–Crippen LogP) is 3.85. The van der Waals surface area contributed by atoms with Crippen molar-refractivity contribution >= 4 is 35.7 Å². The van der Waals surface area contributed by atoms with Gasteiger partial charge in [-0.05, 0) is 87.1 Å². The summed E-state index contributed by atoms with van der Waals surface area (Å²) in [4.78, 5) is 26.9. The number of carbonyl (C=O) groups is 2. The molecule has 3 rings (SSSR count). The van der Waals surface area contributed by atoms with Crippen molar-refractivity contribution in [2.24, 2.45) is 9.98 Å². The smallest absolute Gasteiger partial charge is 0.550 e. The Balaban J connectivity index is 0.00000142. The van der Waals surface area contributed by atoms with Gasteiger partial charge in [0.15, 0.2) is 0 Å². The summed E-state index contributed by atoms with van der Waals surface area (Å²) in [6.07, 6.45) is 5.13. The van der Waals surface area contributed by atoms with Gasteiger partial charge in [-0.15, -0.1) is 0 Å². The quantitative estimate of drug-likeness (QED) is 0.426. The van der Waals surface area contributed by atoms with Crippen molar-refractivity contribution < 1.29 is 46.8 Å². The Morgan fingerprint density at radius 3 is 1.33 bits per heavy atom. The predicted molar refractivity (Wildman–Crippen MR) is 147 cm³/mol. The zero-order chi connectivity index (χ0) is 28.8. The van der Waals surface area contributed by atoms with E-state index in [1.807, 2.05) is 62.4 Å². The molecule has 0 aliphatic carbocycles. The van der Waals surface area contributed by atoms with Crippen molar-refractivity contribution in [2.75, 3.05) is 0 Å². The summed E-state index contributed by atoms with van der Waals surface area (Å²) in [5, 5.41) is 38.5. The van der Waals surface area contributed by atoms with E-state index in [0.717, 1.165) is 48.9 Å². The van der Waals surface area contributed by atoms with E-state index < -0.39 is 11.9 Å². The molecule has 0 fully saturated rings. The van der Waals surface area contributed by atoms with Gasteiger partial charge < -0.3 is 30.0 Å². The van der Waals surface area contributed by atoms with Gasteiger partial charge in [-0.3, -0.25) is 9.98 Å². The number of aryl methyl sites for hydroxylation is 4. The zero-order valence-corrected chi connectivity index (χ0v) is 24.0. The minimum Gasteiger partial charge on any atom is -0.550 e. The van der Waals surface area contributed by atoms with Gasteiger partial charge in [0, 0.05) is 35.5 Å². The molecule has 0 atom stereocenters. The average Bonchev–Trinajstić information content (AvgIpc) is 2.85. The number of rotatable bonds is 6. The van der Waals surface area contributed by atoms with E-state index >= 15 is 0 Å². The van der Waals surface area contributed by atoms with Crippen LogP contribution in [0, 0.1) is 13.8 Å². The fraction of sp³-hybridized carbons (Fsp3) is 0.267. The van der Waals surface area contributed by atoms with Crippen molar-refractivity contribution in [1.82, 2.24) is 0 Å². The number of carbonyl (C=O) groups excluding carboxylic acids is 2. The molecule has 0 unspecified atom stereocenters. The Bertz CT molecular complexity index is 1210. The van der Waals surface area contributed by atoms with Gasteiger partial charge in [0.05, 0.1) is 11.4 Å². The van der Waals surface area contributed by atoms with E-state index in [9.17, 15) is 10.2 Å². The summed E-state index contributed by atoms with van der Waals surface area (Å²) < 4.78 is 0. The van der Waals surface area contributed by atoms with Crippen LogP contribution in [0.4, 0.5) is 11.4 Å². The minimum atomic E-state index is -1.08. The van der Waals surface area contributed by atoms with Crippen LogP contribution in [0.15, 0.2) is 58.5 Å². The van der Waals surface area contributed by atoms with Crippen LogP contribution in [0.25, 0.3) is 0 Å². The van der Waals surface area contributed by atoms with Gasteiger partial charge in [0.25, 0.3) is 0 Å². The molecule has 39 heavy (non-hydrogen) atoms. The third kappa shape index (κ3) is 12.4. The first kappa shape index (κ1) is 35.0. The van der Waals surface area contributed by atoms with Crippen LogP contribution in [0.1, 0.15) is 61.1 Å². The topological polar surface area (TPSA) is 145 Å². The van der Waals surface area contributed by atoms with Crippen LogP contribution in [0.2, 0.25) is 0 Å². The van der Waals surface area contributed by atoms with Crippen LogP contribution < -0.4 is 10.2 Å². The van der Waals surface area contributed by atoms with Crippen LogP contribution in [0.5, 0.6) is 11.5 Å². The first-order chi connectivity index (χ1) is 17.9. The van der Waals surface area contributed by atoms with Crippen molar-refractivity contribution in [1.29, 1.82) is 0 Å². The van der Waals surface area contributed by atoms with Crippen molar-refractivity contribution in [3.63, 3.8) is 0 Å². The van der Waals surface area contributed by atoms with E-state index in [2.05, 4.69) is 23.8 Å². The minimum absolute atomic E-state index is 0. The maximum atomic E-state index is 10.4. The van der Waals surface area contributed by atoms with Gasteiger partial charge in [-0.2, -0.15) is 0 Å². The number of hydrogen-bond donors (Lipinski definition) is 2. The molecule has 3 aromatic carbocycles. The molecule has 1 radical (unpaired) electrons. The Morgan fingerprint density at radius 2 is 1.05 bits per heavy atom. The molecular formula is C30H34CoN2O6. The molecule has 0 saturated carbocycles. The Labute approximate surface area is 240 Å². The number of nitrogens with zero attached hydrogens (tertiary/aromatic N) is 2. The normalized spacial score (nSPS) is 10.2. The summed E-state index contributed by atoms with van der Waals surface area (Å²) in [5.74, 6) is -1.68. The number of aromatic hydroxyl groups is 2. The van der Waals surface area contributed by atoms with Gasteiger partial charge in [-0.25, -0.2) is 0 Å². The van der Waals surface area contributed by atoms with E-state index in [0.29, 0.717) is 22.5 Å². The van der Waals surface area contributed by atoms with Crippen LogP contribution >= 0.6 is 0 Å². The van der Waals surface area contributed by atoms with Crippen molar-refractivity contribution in [2.45, 2.75) is 54.4 Å². The molecule has 3 aromatic rings. The van der Waals surface area contributed by atoms with Crippen molar-refractivity contribution in [3.8, 4) is 11.5 Å². The van der Waals surface area contributed by atoms with Gasteiger partial charge >= 0.3 is 16.8 Å². The number of phenolic OH excluding ortho intramolecular Hbond substituents is 2. The van der Waals surface area contributed by atoms with Crippen LogP contribution in [0.3, 0.4) is 0 Å². The van der Waals surface area contributed by atoms with E-state index in [4.69, 9.17) is 19.8 Å². The van der Waals surface area contributed by atoms with Crippen LogP contribution in [-0.2, 0) is 39.2 Å². The number of aliphatic imine (C=N–C) groups is 2. The molecule has 209 valence electrons.